The van der Waals surface area contributed by atoms with Crippen LogP contribution in [-0.4, -0.2) is 29.4 Å². The monoisotopic (exact) mass is 359 g/mol. The number of rotatable bonds is 4. The van der Waals surface area contributed by atoms with E-state index in [0.29, 0.717) is 0 Å². The van der Waals surface area contributed by atoms with Crippen LogP contribution in [0.25, 0.3) is 0 Å². The van der Waals surface area contributed by atoms with Crippen LogP contribution < -0.4 is 4.90 Å². The Morgan fingerprint density at radius 2 is 2.11 bits per heavy atom. The molecule has 2 rings (SSSR count). The molecule has 0 bridgehead atoms. The molecule has 0 spiro atoms. The molecule has 19 heavy (non-hydrogen) atoms. The van der Waals surface area contributed by atoms with Crippen LogP contribution in [0.3, 0.4) is 0 Å². The largest absolute Gasteiger partial charge is 0.389 e. The lowest BCUT2D eigenvalue weighted by Gasteiger charge is -2.07. The number of halogens is 1. The molecule has 0 amide bonds. The van der Waals surface area contributed by atoms with E-state index < -0.39 is 6.10 Å². The zero-order valence-electron chi connectivity index (χ0n) is 10.8. The molecule has 4 nitrogen and oxygen atoms in total. The predicted octanol–water partition coefficient (Wildman–Crippen LogP) is 3.57. The van der Waals surface area contributed by atoms with Crippen molar-refractivity contribution in [3.63, 3.8) is 0 Å². The molecule has 1 atom stereocenters. The number of aliphatic hydroxyl groups excluding tert-OH is 1. The van der Waals surface area contributed by atoms with Gasteiger partial charge in [-0.1, -0.05) is 29.2 Å². The average Bonchev–Trinajstić information content (AvgIpc) is 2.80. The van der Waals surface area contributed by atoms with Crippen LogP contribution >= 0.6 is 39.0 Å². The third kappa shape index (κ3) is 3.68. The van der Waals surface area contributed by atoms with Crippen LogP contribution in [0, 0.1) is 0 Å². The molecular formula is C12H14BrN3OS2. The Bertz CT molecular complexity index is 572. The number of hydrogen-bond donors (Lipinski definition) is 1. The van der Waals surface area contributed by atoms with E-state index in [-0.39, 0.29) is 0 Å². The number of aliphatic hydroxyl groups is 1. The minimum Gasteiger partial charge on any atom is -0.389 e. The van der Waals surface area contributed by atoms with Gasteiger partial charge < -0.3 is 10.0 Å². The van der Waals surface area contributed by atoms with Gasteiger partial charge in [0.1, 0.15) is 0 Å². The van der Waals surface area contributed by atoms with E-state index in [1.165, 1.54) is 0 Å². The molecule has 1 N–H and O–H groups in total. The number of aromatic nitrogens is 2. The van der Waals surface area contributed by atoms with Gasteiger partial charge in [0.15, 0.2) is 4.34 Å². The Kier molecular flexibility index (Phi) is 4.83. The van der Waals surface area contributed by atoms with Crippen LogP contribution in [0.1, 0.15) is 18.6 Å². The van der Waals surface area contributed by atoms with Gasteiger partial charge in [-0.2, -0.15) is 0 Å². The SMILES string of the molecule is C[C@H](O)c1ccc(Sc2nnc(N(C)C)s2)c(Br)c1. The lowest BCUT2D eigenvalue weighted by Crippen LogP contribution is -2.07. The summed E-state index contributed by atoms with van der Waals surface area (Å²) in [6.45, 7) is 1.75. The van der Waals surface area contributed by atoms with Crippen molar-refractivity contribution < 1.29 is 5.11 Å². The molecule has 102 valence electrons. The number of hydrogen-bond acceptors (Lipinski definition) is 6. The van der Waals surface area contributed by atoms with Crippen LogP contribution in [0.15, 0.2) is 31.9 Å². The van der Waals surface area contributed by atoms with Crippen LogP contribution in [0.5, 0.6) is 0 Å². The maximum absolute atomic E-state index is 9.54. The van der Waals surface area contributed by atoms with Crippen LogP contribution in [-0.2, 0) is 0 Å². The fraction of sp³-hybridized carbons (Fsp3) is 0.333. The first-order valence-electron chi connectivity index (χ1n) is 5.63. The van der Waals surface area contributed by atoms with Crippen molar-refractivity contribution >= 4 is 44.2 Å². The minimum absolute atomic E-state index is 0.461. The summed E-state index contributed by atoms with van der Waals surface area (Å²) >= 11 is 6.64. The summed E-state index contributed by atoms with van der Waals surface area (Å²) < 4.78 is 1.85. The Balaban J connectivity index is 2.18. The average molecular weight is 360 g/mol. The second kappa shape index (κ2) is 6.21. The first-order valence-corrected chi connectivity index (χ1v) is 8.06. The maximum Gasteiger partial charge on any atom is 0.208 e. The van der Waals surface area contributed by atoms with E-state index >= 15 is 0 Å². The van der Waals surface area contributed by atoms with Crippen molar-refractivity contribution in [2.45, 2.75) is 22.3 Å². The topological polar surface area (TPSA) is 49.3 Å². The molecule has 0 unspecified atom stereocenters. The molecule has 0 aliphatic rings. The Labute approximate surface area is 129 Å². The molecule has 0 aliphatic carbocycles. The van der Waals surface area contributed by atoms with Crippen molar-refractivity contribution in [2.24, 2.45) is 0 Å². The van der Waals surface area contributed by atoms with Gasteiger partial charge in [0.25, 0.3) is 0 Å². The highest BCUT2D eigenvalue weighted by Gasteiger charge is 2.11. The van der Waals surface area contributed by atoms with Gasteiger partial charge in [0.2, 0.25) is 5.13 Å². The Hall–Kier alpha value is -0.630. The summed E-state index contributed by atoms with van der Waals surface area (Å²) in [5, 5.41) is 18.7. The smallest absolute Gasteiger partial charge is 0.208 e. The lowest BCUT2D eigenvalue weighted by molar-refractivity contribution is 0.199. The van der Waals surface area contributed by atoms with Gasteiger partial charge in [-0.25, -0.2) is 0 Å². The predicted molar refractivity (Wildman–Crippen MR) is 83.1 cm³/mol. The number of nitrogens with zero attached hydrogens (tertiary/aromatic N) is 3. The highest BCUT2D eigenvalue weighted by Crippen LogP contribution is 2.37. The molecule has 0 saturated carbocycles. The van der Waals surface area contributed by atoms with Gasteiger partial charge in [0, 0.05) is 23.5 Å². The summed E-state index contributed by atoms with van der Waals surface area (Å²) in [5.74, 6) is 0. The molecule has 1 aromatic carbocycles. The van der Waals surface area contributed by atoms with Crippen molar-refractivity contribution in [3.8, 4) is 0 Å². The van der Waals surface area contributed by atoms with Crippen LogP contribution in [0.4, 0.5) is 5.13 Å². The Morgan fingerprint density at radius 3 is 2.63 bits per heavy atom. The second-order valence-electron chi connectivity index (χ2n) is 4.21. The molecular weight excluding hydrogens is 346 g/mol. The third-order valence-corrected chi connectivity index (χ3v) is 5.55. The lowest BCUT2D eigenvalue weighted by atomic mass is 10.1. The quantitative estimate of drug-likeness (QED) is 0.903. The summed E-state index contributed by atoms with van der Waals surface area (Å²) in [4.78, 5) is 3.00. The minimum atomic E-state index is -0.461. The first kappa shape index (κ1) is 14.8. The fourth-order valence-electron chi connectivity index (χ4n) is 1.38. The van der Waals surface area contributed by atoms with Gasteiger partial charge in [0.05, 0.1) is 6.10 Å². The number of benzene rings is 1. The molecule has 1 heterocycles. The zero-order valence-corrected chi connectivity index (χ0v) is 14.0. The van der Waals surface area contributed by atoms with Crippen molar-refractivity contribution in [1.29, 1.82) is 0 Å². The highest BCUT2D eigenvalue weighted by atomic mass is 79.9. The second-order valence-corrected chi connectivity index (χ2v) is 7.31. The fourth-order valence-corrected chi connectivity index (χ4v) is 3.74. The standard InChI is InChI=1S/C12H14BrN3OS2/c1-7(17)8-4-5-10(9(13)6-8)18-12-15-14-11(19-12)16(2)3/h4-7,17H,1-3H3/t7-/m0/s1. The van der Waals surface area contributed by atoms with E-state index in [2.05, 4.69) is 26.1 Å². The van der Waals surface area contributed by atoms with Gasteiger partial charge in [-0.05, 0) is 40.5 Å². The summed E-state index contributed by atoms with van der Waals surface area (Å²) in [5.41, 5.74) is 0.891. The van der Waals surface area contributed by atoms with Crippen molar-refractivity contribution in [1.82, 2.24) is 10.2 Å². The van der Waals surface area contributed by atoms with Gasteiger partial charge in [-0.15, -0.1) is 10.2 Å². The molecule has 2 aromatic rings. The molecule has 1 aromatic heterocycles. The van der Waals surface area contributed by atoms with E-state index in [1.807, 2.05) is 37.2 Å². The summed E-state index contributed by atoms with van der Waals surface area (Å²) in [6.07, 6.45) is -0.461. The Morgan fingerprint density at radius 1 is 1.37 bits per heavy atom. The summed E-state index contributed by atoms with van der Waals surface area (Å²) in [7, 11) is 3.89. The zero-order chi connectivity index (χ0) is 14.0. The first-order chi connectivity index (χ1) is 8.97. The normalized spacial score (nSPS) is 12.5. The summed E-state index contributed by atoms with van der Waals surface area (Å²) in [6, 6.07) is 5.83. The molecule has 0 fully saturated rings. The highest BCUT2D eigenvalue weighted by molar-refractivity contribution is 9.10. The number of anilines is 1. The van der Waals surface area contributed by atoms with Gasteiger partial charge in [-0.3, -0.25) is 0 Å². The van der Waals surface area contributed by atoms with Crippen molar-refractivity contribution in [3.05, 3.63) is 28.2 Å². The molecule has 7 heteroatoms. The van der Waals surface area contributed by atoms with E-state index in [0.717, 1.165) is 24.4 Å². The molecule has 0 saturated heterocycles. The van der Waals surface area contributed by atoms with Gasteiger partial charge >= 0.3 is 0 Å². The van der Waals surface area contributed by atoms with E-state index in [4.69, 9.17) is 0 Å². The van der Waals surface area contributed by atoms with E-state index in [9.17, 15) is 5.11 Å². The van der Waals surface area contributed by atoms with Crippen molar-refractivity contribution in [2.75, 3.05) is 19.0 Å². The van der Waals surface area contributed by atoms with Crippen LogP contribution in [0.2, 0.25) is 0 Å². The molecule has 0 aliphatic heterocycles. The third-order valence-electron chi connectivity index (χ3n) is 2.41. The maximum atomic E-state index is 9.54. The van der Waals surface area contributed by atoms with E-state index in [1.54, 1.807) is 30.0 Å². The molecule has 0 radical (unpaired) electrons.